The number of methoxy groups -OCH3 is 1. The molecule has 0 saturated heterocycles. The van der Waals surface area contributed by atoms with Crippen molar-refractivity contribution < 1.29 is 14.4 Å². The molecule has 2 rings (SSSR count). The lowest BCUT2D eigenvalue weighted by molar-refractivity contribution is 0.237. The molecule has 0 radical (unpaired) electrons. The van der Waals surface area contributed by atoms with E-state index in [1.165, 1.54) is 0 Å². The maximum Gasteiger partial charge on any atom is 0.246 e. The molecule has 0 saturated carbocycles. The van der Waals surface area contributed by atoms with E-state index in [9.17, 15) is 0 Å². The Labute approximate surface area is 98.0 Å². The zero-order chi connectivity index (χ0) is 12.3. The third-order valence-corrected chi connectivity index (χ3v) is 2.30. The number of benzene rings is 1. The van der Waals surface area contributed by atoms with Crippen molar-refractivity contribution in [1.82, 2.24) is 10.1 Å². The van der Waals surface area contributed by atoms with Crippen LogP contribution in [0.4, 0.5) is 0 Å². The first-order valence-corrected chi connectivity index (χ1v) is 5.09. The van der Waals surface area contributed by atoms with Crippen LogP contribution in [0, 0.1) is 0 Å². The van der Waals surface area contributed by atoms with E-state index in [4.69, 9.17) is 20.1 Å². The van der Waals surface area contributed by atoms with Gasteiger partial charge in [0, 0.05) is 0 Å². The first kappa shape index (κ1) is 11.6. The summed E-state index contributed by atoms with van der Waals surface area (Å²) in [6.45, 7) is -0.243. The number of hydrogen-bond donors (Lipinski definition) is 2. The summed E-state index contributed by atoms with van der Waals surface area (Å²) in [6, 6.07) is 6.66. The van der Waals surface area contributed by atoms with Gasteiger partial charge >= 0.3 is 0 Å². The monoisotopic (exact) mass is 235 g/mol. The Morgan fingerprint density at radius 3 is 2.94 bits per heavy atom. The van der Waals surface area contributed by atoms with Crippen molar-refractivity contribution in [3.05, 3.63) is 30.2 Å². The van der Waals surface area contributed by atoms with Gasteiger partial charge in [-0.2, -0.15) is 4.98 Å². The van der Waals surface area contributed by atoms with Crippen molar-refractivity contribution in [2.75, 3.05) is 13.7 Å². The van der Waals surface area contributed by atoms with E-state index in [2.05, 4.69) is 10.1 Å². The van der Waals surface area contributed by atoms with Gasteiger partial charge in [-0.25, -0.2) is 0 Å². The predicted molar refractivity (Wildman–Crippen MR) is 60.3 cm³/mol. The summed E-state index contributed by atoms with van der Waals surface area (Å²) in [4.78, 5) is 4.12. The SMILES string of the molecule is COc1ccccc1-c1noc([C@@H](N)CO)n1. The highest BCUT2D eigenvalue weighted by Crippen LogP contribution is 2.27. The maximum atomic E-state index is 8.89. The minimum atomic E-state index is -0.661. The molecule has 90 valence electrons. The van der Waals surface area contributed by atoms with Crippen molar-refractivity contribution in [3.8, 4) is 17.1 Å². The second kappa shape index (κ2) is 4.94. The van der Waals surface area contributed by atoms with E-state index in [1.54, 1.807) is 13.2 Å². The van der Waals surface area contributed by atoms with Crippen LogP contribution in [0.3, 0.4) is 0 Å². The van der Waals surface area contributed by atoms with Gasteiger partial charge in [-0.1, -0.05) is 17.3 Å². The highest BCUT2D eigenvalue weighted by molar-refractivity contribution is 5.63. The van der Waals surface area contributed by atoms with E-state index in [0.29, 0.717) is 11.6 Å². The lowest BCUT2D eigenvalue weighted by Gasteiger charge is -2.03. The van der Waals surface area contributed by atoms with Crippen LogP contribution in [0.2, 0.25) is 0 Å². The Bertz CT molecular complexity index is 498. The zero-order valence-electron chi connectivity index (χ0n) is 9.33. The molecule has 1 heterocycles. The van der Waals surface area contributed by atoms with Gasteiger partial charge in [0.05, 0.1) is 19.3 Å². The van der Waals surface area contributed by atoms with Gasteiger partial charge in [-0.3, -0.25) is 0 Å². The lowest BCUT2D eigenvalue weighted by atomic mass is 10.2. The van der Waals surface area contributed by atoms with Gasteiger partial charge in [-0.05, 0) is 12.1 Å². The Balaban J connectivity index is 2.37. The van der Waals surface area contributed by atoms with E-state index >= 15 is 0 Å². The quantitative estimate of drug-likeness (QED) is 0.811. The van der Waals surface area contributed by atoms with E-state index in [0.717, 1.165) is 5.56 Å². The molecule has 0 amide bonds. The maximum absolute atomic E-state index is 8.89. The van der Waals surface area contributed by atoms with Crippen molar-refractivity contribution >= 4 is 0 Å². The van der Waals surface area contributed by atoms with Crippen LogP contribution >= 0.6 is 0 Å². The first-order chi connectivity index (χ1) is 8.26. The Morgan fingerprint density at radius 2 is 2.24 bits per heavy atom. The minimum absolute atomic E-state index is 0.202. The minimum Gasteiger partial charge on any atom is -0.496 e. The molecule has 0 bridgehead atoms. The fraction of sp³-hybridized carbons (Fsp3) is 0.273. The number of aliphatic hydroxyl groups excluding tert-OH is 1. The molecule has 0 aliphatic carbocycles. The number of aromatic nitrogens is 2. The highest BCUT2D eigenvalue weighted by atomic mass is 16.5. The molecule has 6 nitrogen and oxygen atoms in total. The summed E-state index contributed by atoms with van der Waals surface area (Å²) in [5.41, 5.74) is 6.30. The number of nitrogens with zero attached hydrogens (tertiary/aromatic N) is 2. The van der Waals surface area contributed by atoms with Crippen molar-refractivity contribution in [1.29, 1.82) is 0 Å². The fourth-order valence-corrected chi connectivity index (χ4v) is 1.40. The van der Waals surface area contributed by atoms with Crippen LogP contribution < -0.4 is 10.5 Å². The highest BCUT2D eigenvalue weighted by Gasteiger charge is 2.16. The molecule has 0 unspecified atom stereocenters. The molecule has 1 aromatic heterocycles. The van der Waals surface area contributed by atoms with Crippen LogP contribution in [0.15, 0.2) is 28.8 Å². The average Bonchev–Trinajstić information content (AvgIpc) is 2.87. The van der Waals surface area contributed by atoms with Crippen LogP contribution in [-0.2, 0) is 0 Å². The molecule has 1 aromatic carbocycles. The molecule has 2 aromatic rings. The zero-order valence-corrected chi connectivity index (χ0v) is 9.33. The van der Waals surface area contributed by atoms with Gasteiger partial charge in [0.2, 0.25) is 11.7 Å². The normalized spacial score (nSPS) is 12.4. The second-order valence-electron chi connectivity index (χ2n) is 3.45. The molecule has 1 atom stereocenters. The largest absolute Gasteiger partial charge is 0.496 e. The van der Waals surface area contributed by atoms with Gasteiger partial charge in [0.15, 0.2) is 0 Å². The smallest absolute Gasteiger partial charge is 0.246 e. The number of ether oxygens (including phenoxy) is 1. The summed E-state index contributed by atoms with van der Waals surface area (Å²) >= 11 is 0. The molecular weight excluding hydrogens is 222 g/mol. The number of para-hydroxylation sites is 1. The second-order valence-corrected chi connectivity index (χ2v) is 3.45. The molecule has 0 aliphatic heterocycles. The molecule has 0 aliphatic rings. The third-order valence-electron chi connectivity index (χ3n) is 2.30. The Morgan fingerprint density at radius 1 is 1.47 bits per heavy atom. The molecule has 3 N–H and O–H groups in total. The van der Waals surface area contributed by atoms with Gasteiger partial charge in [0.1, 0.15) is 11.8 Å². The first-order valence-electron chi connectivity index (χ1n) is 5.09. The van der Waals surface area contributed by atoms with Crippen molar-refractivity contribution in [3.63, 3.8) is 0 Å². The molecule has 17 heavy (non-hydrogen) atoms. The van der Waals surface area contributed by atoms with Gasteiger partial charge < -0.3 is 20.1 Å². The van der Waals surface area contributed by atoms with Gasteiger partial charge in [0.25, 0.3) is 0 Å². The predicted octanol–water partition coefficient (Wildman–Crippen LogP) is 0.737. The Kier molecular flexibility index (Phi) is 3.36. The summed E-state index contributed by atoms with van der Waals surface area (Å²) in [6.07, 6.45) is 0. The van der Waals surface area contributed by atoms with Crippen molar-refractivity contribution in [2.24, 2.45) is 5.73 Å². The van der Waals surface area contributed by atoms with E-state index < -0.39 is 6.04 Å². The lowest BCUT2D eigenvalue weighted by Crippen LogP contribution is -2.14. The number of nitrogens with two attached hydrogens (primary N) is 1. The van der Waals surface area contributed by atoms with Crippen molar-refractivity contribution in [2.45, 2.75) is 6.04 Å². The Hall–Kier alpha value is -1.92. The summed E-state index contributed by atoms with van der Waals surface area (Å²) in [5.74, 6) is 1.24. The van der Waals surface area contributed by atoms with E-state index in [1.807, 2.05) is 18.2 Å². The summed E-state index contributed by atoms with van der Waals surface area (Å²) in [7, 11) is 1.57. The van der Waals surface area contributed by atoms with Gasteiger partial charge in [-0.15, -0.1) is 0 Å². The standard InChI is InChI=1S/C11H13N3O3/c1-16-9-5-3-2-4-7(9)10-13-11(17-14-10)8(12)6-15/h2-5,8,15H,6,12H2,1H3/t8-/m0/s1. The number of hydrogen-bond acceptors (Lipinski definition) is 6. The molecular formula is C11H13N3O3. The molecule has 0 fully saturated rings. The molecule has 0 spiro atoms. The third kappa shape index (κ3) is 2.27. The summed E-state index contributed by atoms with van der Waals surface area (Å²) < 4.78 is 10.2. The topological polar surface area (TPSA) is 94.4 Å². The van der Waals surface area contributed by atoms with Crippen LogP contribution in [0.25, 0.3) is 11.4 Å². The van der Waals surface area contributed by atoms with Crippen LogP contribution in [-0.4, -0.2) is 29.0 Å². The molecule has 6 heteroatoms. The number of rotatable bonds is 4. The van der Waals surface area contributed by atoms with E-state index in [-0.39, 0.29) is 12.5 Å². The van der Waals surface area contributed by atoms with Crippen LogP contribution in [0.1, 0.15) is 11.9 Å². The number of aliphatic hydroxyl groups is 1. The summed E-state index contributed by atoms with van der Waals surface area (Å²) in [5, 5.41) is 12.7. The average molecular weight is 235 g/mol. The van der Waals surface area contributed by atoms with Crippen LogP contribution in [0.5, 0.6) is 5.75 Å². The fourth-order valence-electron chi connectivity index (χ4n) is 1.40.